The quantitative estimate of drug-likeness (QED) is 0.0866. The number of nitrogens with one attached hydrogen (secondary N) is 1. The first-order chi connectivity index (χ1) is 26.5. The molecule has 6 rings (SSSR count). The van der Waals surface area contributed by atoms with Crippen LogP contribution in [0.15, 0.2) is 121 Å². The van der Waals surface area contributed by atoms with Gasteiger partial charge in [-0.2, -0.15) is 0 Å². The highest BCUT2D eigenvalue weighted by molar-refractivity contribution is 6.42. The van der Waals surface area contributed by atoms with Gasteiger partial charge in [-0.25, -0.2) is 4.79 Å². The molecular formula is C43H37Cl2NO9. The number of esters is 3. The summed E-state index contributed by atoms with van der Waals surface area (Å²) in [6.07, 6.45) is -0.916. The summed E-state index contributed by atoms with van der Waals surface area (Å²) < 4.78 is 17.0. The van der Waals surface area contributed by atoms with Gasteiger partial charge >= 0.3 is 23.9 Å². The van der Waals surface area contributed by atoms with Crippen LogP contribution in [0.2, 0.25) is 10.0 Å². The average molecular weight is 783 g/mol. The second kappa shape index (κ2) is 17.6. The summed E-state index contributed by atoms with van der Waals surface area (Å²) in [5.74, 6) is -10.9. The number of carbonyl (C=O) groups is 5. The number of carbonyl (C=O) groups excluding carboxylic acids is 4. The Bertz CT molecular complexity index is 2200. The Morgan fingerprint density at radius 2 is 1.20 bits per heavy atom. The summed E-state index contributed by atoms with van der Waals surface area (Å²) in [7, 11) is 0. The van der Waals surface area contributed by atoms with E-state index < -0.39 is 65.6 Å². The Kier molecular flexibility index (Phi) is 12.5. The van der Waals surface area contributed by atoms with Crippen LogP contribution in [0.25, 0.3) is 10.8 Å². The lowest BCUT2D eigenvalue weighted by atomic mass is 9.56. The maximum atomic E-state index is 14.1. The molecule has 10 nitrogen and oxygen atoms in total. The molecule has 0 unspecified atom stereocenters. The number of aliphatic carboxylic acids is 1. The monoisotopic (exact) mass is 781 g/mol. The number of ether oxygens (including phenoxy) is 3. The molecule has 6 atom stereocenters. The van der Waals surface area contributed by atoms with Gasteiger partial charge in [0, 0.05) is 6.42 Å². The van der Waals surface area contributed by atoms with Crippen molar-refractivity contribution in [3.8, 4) is 0 Å². The third kappa shape index (κ3) is 9.33. The predicted molar refractivity (Wildman–Crippen MR) is 205 cm³/mol. The fourth-order valence-electron chi connectivity index (χ4n) is 6.77. The predicted octanol–water partition coefficient (Wildman–Crippen LogP) is 7.47. The van der Waals surface area contributed by atoms with Gasteiger partial charge in [0.1, 0.15) is 19.3 Å². The summed E-state index contributed by atoms with van der Waals surface area (Å²) >= 11 is 12.4. The second-order valence-corrected chi connectivity index (χ2v) is 14.2. The summed E-state index contributed by atoms with van der Waals surface area (Å²) in [6.45, 7) is 1.26. The third-order valence-electron chi connectivity index (χ3n) is 9.72. The van der Waals surface area contributed by atoms with Crippen molar-refractivity contribution in [2.75, 3.05) is 0 Å². The number of fused-ring (bicyclic) bond motifs is 1. The molecule has 0 saturated heterocycles. The maximum Gasteiger partial charge on any atom is 0.338 e. The van der Waals surface area contributed by atoms with Crippen LogP contribution < -0.4 is 5.32 Å². The number of benzene rings is 5. The Hall–Kier alpha value is -5.71. The van der Waals surface area contributed by atoms with Crippen LogP contribution in [0.3, 0.4) is 0 Å². The summed E-state index contributed by atoms with van der Waals surface area (Å²) in [4.78, 5) is 67.6. The molecule has 0 heterocycles. The Labute approximate surface area is 327 Å². The Morgan fingerprint density at radius 1 is 0.636 bits per heavy atom. The minimum Gasteiger partial charge on any atom is -0.481 e. The van der Waals surface area contributed by atoms with Crippen molar-refractivity contribution in [3.05, 3.63) is 154 Å². The van der Waals surface area contributed by atoms with Gasteiger partial charge < -0.3 is 24.6 Å². The number of halogens is 2. The normalized spacial score (nSPS) is 18.6. The van der Waals surface area contributed by atoms with Gasteiger partial charge in [-0.3, -0.25) is 19.2 Å². The molecule has 1 saturated carbocycles. The highest BCUT2D eigenvalue weighted by Crippen LogP contribution is 2.48. The first-order valence-electron chi connectivity index (χ1n) is 17.6. The van der Waals surface area contributed by atoms with Gasteiger partial charge in [0.25, 0.3) is 0 Å². The van der Waals surface area contributed by atoms with Crippen molar-refractivity contribution in [1.82, 2.24) is 5.32 Å². The maximum absolute atomic E-state index is 14.1. The highest BCUT2D eigenvalue weighted by Gasteiger charge is 2.65. The number of hydrogen-bond acceptors (Lipinski definition) is 8. The standard InChI is InChI=1S/C43H37Cl2NO9/c1-25(34(21-28-16-19-32(44)33(45)20-28)55-41(50)31-18-17-29-14-8-9-15-30(29)22-31)46-39(47)35-36(40(48)49)38(43(52)54-24-27-12-6-3-7-13-27)37(35)42(51)53-23-26-10-4-2-5-11-26/h2-20,22,25,34-38H,21,23-24H2,1H3,(H,46,47)(H,48,49)/t25-,34+,35+,36+,37+,38+/m0/s1. The van der Waals surface area contributed by atoms with Gasteiger partial charge in [-0.05, 0) is 58.7 Å². The van der Waals surface area contributed by atoms with Crippen molar-refractivity contribution < 1.29 is 43.3 Å². The van der Waals surface area contributed by atoms with Gasteiger partial charge in [-0.1, -0.05) is 120 Å². The van der Waals surface area contributed by atoms with Crippen LogP contribution in [0.1, 0.15) is 34.0 Å². The lowest BCUT2D eigenvalue weighted by Gasteiger charge is -2.45. The minimum absolute atomic E-state index is 0.0850. The smallest absolute Gasteiger partial charge is 0.338 e. The molecule has 0 radical (unpaired) electrons. The van der Waals surface area contributed by atoms with Crippen LogP contribution in [0, 0.1) is 23.7 Å². The largest absolute Gasteiger partial charge is 0.481 e. The molecule has 2 N–H and O–H groups in total. The topological polar surface area (TPSA) is 145 Å². The first kappa shape index (κ1) is 39.0. The third-order valence-corrected chi connectivity index (χ3v) is 10.5. The van der Waals surface area contributed by atoms with Gasteiger partial charge in [0.15, 0.2) is 0 Å². The van der Waals surface area contributed by atoms with Crippen molar-refractivity contribution in [1.29, 1.82) is 0 Å². The van der Waals surface area contributed by atoms with E-state index >= 15 is 0 Å². The lowest BCUT2D eigenvalue weighted by Crippen LogP contribution is -2.63. The fourth-order valence-corrected chi connectivity index (χ4v) is 7.09. The van der Waals surface area contributed by atoms with E-state index in [-0.39, 0.29) is 30.2 Å². The van der Waals surface area contributed by atoms with Crippen molar-refractivity contribution in [2.24, 2.45) is 23.7 Å². The van der Waals surface area contributed by atoms with Crippen molar-refractivity contribution >= 4 is 63.8 Å². The van der Waals surface area contributed by atoms with Crippen LogP contribution in [-0.4, -0.2) is 47.0 Å². The van der Waals surface area contributed by atoms with Crippen molar-refractivity contribution in [3.63, 3.8) is 0 Å². The van der Waals surface area contributed by atoms with Gasteiger partial charge in [-0.15, -0.1) is 0 Å². The second-order valence-electron chi connectivity index (χ2n) is 13.4. The number of rotatable bonds is 14. The summed E-state index contributed by atoms with van der Waals surface area (Å²) in [5, 5.41) is 15.5. The van der Waals surface area contributed by atoms with E-state index in [1.807, 2.05) is 24.3 Å². The van der Waals surface area contributed by atoms with Crippen LogP contribution in [-0.2, 0) is 53.0 Å². The van der Waals surface area contributed by atoms with Crippen LogP contribution in [0.4, 0.5) is 0 Å². The Morgan fingerprint density at radius 3 is 1.78 bits per heavy atom. The SMILES string of the molecule is C[C@H](NC(=O)[C@@H]1[C@@H](C(=O)O)[C@@H](C(=O)OCc2ccccc2)[C@@H]1C(=O)OCc1ccccc1)[C@@H](Cc1ccc(Cl)c(Cl)c1)OC(=O)c1ccc2ccccc2c1. The number of hydrogen-bond donors (Lipinski definition) is 2. The number of carboxylic acid groups (broad SMARTS) is 1. The summed E-state index contributed by atoms with van der Waals surface area (Å²) in [5.41, 5.74) is 2.22. The van der Waals surface area contributed by atoms with Gasteiger partial charge in [0.05, 0.1) is 45.3 Å². The fraction of sp³-hybridized carbons (Fsp3) is 0.233. The first-order valence-corrected chi connectivity index (χ1v) is 18.3. The molecule has 0 spiro atoms. The molecule has 1 fully saturated rings. The Balaban J connectivity index is 1.25. The van der Waals surface area contributed by atoms with E-state index in [0.29, 0.717) is 21.7 Å². The molecule has 5 aromatic rings. The molecule has 0 aromatic heterocycles. The van der Waals surface area contributed by atoms with E-state index in [4.69, 9.17) is 37.4 Å². The zero-order valence-corrected chi connectivity index (χ0v) is 31.1. The number of carboxylic acids is 1. The van der Waals surface area contributed by atoms with Crippen LogP contribution >= 0.6 is 23.2 Å². The number of amides is 1. The zero-order chi connectivity index (χ0) is 39.1. The van der Waals surface area contributed by atoms with E-state index in [1.165, 1.54) is 0 Å². The average Bonchev–Trinajstić information content (AvgIpc) is 3.17. The molecule has 1 aliphatic carbocycles. The zero-order valence-electron chi connectivity index (χ0n) is 29.6. The molecule has 0 bridgehead atoms. The van der Waals surface area contributed by atoms with E-state index in [9.17, 15) is 29.1 Å². The van der Waals surface area contributed by atoms with Crippen molar-refractivity contribution in [2.45, 2.75) is 38.7 Å². The van der Waals surface area contributed by atoms with Gasteiger partial charge in [0.2, 0.25) is 5.91 Å². The molecule has 1 aliphatic rings. The molecule has 1 amide bonds. The molecule has 0 aliphatic heterocycles. The summed E-state index contributed by atoms with van der Waals surface area (Å²) in [6, 6.07) is 34.2. The van der Waals surface area contributed by atoms with E-state index in [1.54, 1.807) is 104 Å². The molecular weight excluding hydrogens is 745 g/mol. The minimum atomic E-state index is -1.61. The van der Waals surface area contributed by atoms with E-state index in [2.05, 4.69) is 5.32 Å². The molecule has 55 heavy (non-hydrogen) atoms. The molecule has 12 heteroatoms. The van der Waals surface area contributed by atoms with Crippen LogP contribution in [0.5, 0.6) is 0 Å². The van der Waals surface area contributed by atoms with E-state index in [0.717, 1.165) is 10.8 Å². The molecule has 282 valence electrons. The molecule has 5 aromatic carbocycles. The highest BCUT2D eigenvalue weighted by atomic mass is 35.5. The lowest BCUT2D eigenvalue weighted by molar-refractivity contribution is -0.193.